The van der Waals surface area contributed by atoms with Gasteiger partial charge in [-0.05, 0) is 6.92 Å². The Morgan fingerprint density at radius 1 is 1.91 bits per heavy atom. The van der Waals surface area contributed by atoms with Crippen molar-refractivity contribution < 1.29 is 19.2 Å². The third-order valence-electron chi connectivity index (χ3n) is 1.03. The number of rotatable bonds is 2. The Balaban J connectivity index is 2.76. The molecule has 0 N–H and O–H groups in total. The minimum Gasteiger partial charge on any atom is -0.543 e. The van der Waals surface area contributed by atoms with Gasteiger partial charge < -0.3 is 14.4 Å². The Hall–Kier alpha value is -1.52. The van der Waals surface area contributed by atoms with E-state index < -0.39 is 11.9 Å². The van der Waals surface area contributed by atoms with Gasteiger partial charge in [-0.1, -0.05) is 0 Å². The second-order valence-corrected chi connectivity index (χ2v) is 1.75. The van der Waals surface area contributed by atoms with E-state index in [2.05, 4.69) is 14.4 Å². The Morgan fingerprint density at radius 3 is 3.09 bits per heavy atom. The molecule has 0 spiro atoms. The van der Waals surface area contributed by atoms with Crippen molar-refractivity contribution >= 4 is 5.97 Å². The second-order valence-electron chi connectivity index (χ2n) is 1.75. The molecule has 0 bridgehead atoms. The van der Waals surface area contributed by atoms with Gasteiger partial charge in [-0.2, -0.15) is 0 Å². The van der Waals surface area contributed by atoms with Crippen molar-refractivity contribution in [3.63, 3.8) is 0 Å². The highest BCUT2D eigenvalue weighted by atomic mass is 16.6. The molecular weight excluding hydrogens is 150 g/mol. The van der Waals surface area contributed by atoms with Crippen LogP contribution in [-0.4, -0.2) is 17.7 Å². The number of hydrogen-bond acceptors (Lipinski definition) is 5. The van der Waals surface area contributed by atoms with E-state index in [0.717, 1.165) is 6.20 Å². The Morgan fingerprint density at radius 2 is 2.64 bits per heavy atom. The fourth-order valence-electron chi connectivity index (χ4n) is 0.574. The molecule has 0 aliphatic rings. The van der Waals surface area contributed by atoms with E-state index in [9.17, 15) is 9.90 Å². The summed E-state index contributed by atoms with van der Waals surface area (Å²) >= 11 is 0. The van der Waals surface area contributed by atoms with Crippen LogP contribution in [-0.2, 0) is 4.74 Å². The van der Waals surface area contributed by atoms with E-state index in [1.807, 2.05) is 0 Å². The number of carbonyl (C=O) groups excluding carboxylic acids is 1. The standard InChI is InChI=1S/C6H7NO4/c1-2-10-5(8)4-3-7-11-6(4)9/h3,9H,2H2,1H3/p-1. The third kappa shape index (κ3) is 1.49. The monoisotopic (exact) mass is 156 g/mol. The van der Waals surface area contributed by atoms with Crippen LogP contribution >= 0.6 is 0 Å². The molecule has 1 aromatic rings. The molecule has 0 aliphatic carbocycles. The van der Waals surface area contributed by atoms with Crippen LogP contribution in [0.4, 0.5) is 0 Å². The summed E-state index contributed by atoms with van der Waals surface area (Å²) < 4.78 is 8.65. The zero-order valence-electron chi connectivity index (χ0n) is 5.86. The molecule has 0 amide bonds. The van der Waals surface area contributed by atoms with Gasteiger partial charge in [-0.25, -0.2) is 9.95 Å². The average Bonchev–Trinajstić information content (AvgIpc) is 2.36. The summed E-state index contributed by atoms with van der Waals surface area (Å²) in [5.41, 5.74) is -0.160. The highest BCUT2D eigenvalue weighted by molar-refractivity contribution is 5.90. The van der Waals surface area contributed by atoms with Crippen molar-refractivity contribution in [3.8, 4) is 5.95 Å². The maximum Gasteiger partial charge on any atom is 0.341 e. The van der Waals surface area contributed by atoms with Crippen LogP contribution in [0.3, 0.4) is 0 Å². The number of aromatic nitrogens is 1. The van der Waals surface area contributed by atoms with Gasteiger partial charge in [0, 0.05) is 0 Å². The molecule has 1 aromatic heterocycles. The Bertz CT molecular complexity index is 255. The van der Waals surface area contributed by atoms with E-state index in [0.29, 0.717) is 0 Å². The van der Waals surface area contributed by atoms with Gasteiger partial charge in [0.25, 0.3) is 0 Å². The van der Waals surface area contributed by atoms with Gasteiger partial charge in [-0.15, -0.1) is 0 Å². The van der Waals surface area contributed by atoms with Crippen LogP contribution in [0, 0.1) is 0 Å². The minimum absolute atomic E-state index is 0.160. The largest absolute Gasteiger partial charge is 0.543 e. The van der Waals surface area contributed by atoms with Crippen molar-refractivity contribution in [1.29, 1.82) is 0 Å². The van der Waals surface area contributed by atoms with Crippen LogP contribution in [0.25, 0.3) is 0 Å². The molecule has 0 radical (unpaired) electrons. The van der Waals surface area contributed by atoms with Crippen molar-refractivity contribution in [2.24, 2.45) is 0 Å². The van der Waals surface area contributed by atoms with E-state index >= 15 is 0 Å². The molecule has 5 heteroatoms. The molecule has 0 saturated carbocycles. The Kier molecular flexibility index (Phi) is 2.10. The molecule has 1 rings (SSSR count). The van der Waals surface area contributed by atoms with Gasteiger partial charge in [0.15, 0.2) is 0 Å². The lowest BCUT2D eigenvalue weighted by Crippen LogP contribution is -2.06. The summed E-state index contributed by atoms with van der Waals surface area (Å²) in [5.74, 6) is -1.46. The highest BCUT2D eigenvalue weighted by Gasteiger charge is 2.08. The molecule has 11 heavy (non-hydrogen) atoms. The fraction of sp³-hybridized carbons (Fsp3) is 0.333. The molecule has 0 aliphatic heterocycles. The SMILES string of the molecule is CCOC(=O)c1cnoc1[O-]. The summed E-state index contributed by atoms with van der Waals surface area (Å²) in [6.45, 7) is 1.87. The summed E-state index contributed by atoms with van der Waals surface area (Å²) in [7, 11) is 0. The first-order valence-corrected chi connectivity index (χ1v) is 3.04. The van der Waals surface area contributed by atoms with Crippen molar-refractivity contribution in [3.05, 3.63) is 11.8 Å². The first kappa shape index (κ1) is 7.59. The molecule has 1 heterocycles. The number of nitrogens with zero attached hydrogens (tertiary/aromatic N) is 1. The normalized spacial score (nSPS) is 9.55. The molecule has 0 aromatic carbocycles. The van der Waals surface area contributed by atoms with E-state index in [-0.39, 0.29) is 12.2 Å². The second kappa shape index (κ2) is 3.05. The van der Waals surface area contributed by atoms with E-state index in [1.54, 1.807) is 6.92 Å². The first-order chi connectivity index (χ1) is 5.25. The van der Waals surface area contributed by atoms with Gasteiger partial charge in [-0.3, -0.25) is 0 Å². The number of hydrogen-bond donors (Lipinski definition) is 0. The maximum absolute atomic E-state index is 10.8. The number of ether oxygens (including phenoxy) is 1. The van der Waals surface area contributed by atoms with E-state index in [1.165, 1.54) is 0 Å². The van der Waals surface area contributed by atoms with Gasteiger partial charge >= 0.3 is 5.97 Å². The molecule has 0 atom stereocenters. The van der Waals surface area contributed by atoms with Gasteiger partial charge in [0.05, 0.1) is 18.8 Å². The van der Waals surface area contributed by atoms with Crippen LogP contribution in [0.5, 0.6) is 5.95 Å². The quantitative estimate of drug-likeness (QED) is 0.560. The zero-order chi connectivity index (χ0) is 8.27. The smallest absolute Gasteiger partial charge is 0.341 e. The fourth-order valence-corrected chi connectivity index (χ4v) is 0.574. The molecule has 0 saturated heterocycles. The Labute approximate surface area is 62.6 Å². The maximum atomic E-state index is 10.8. The molecule has 5 nitrogen and oxygen atoms in total. The average molecular weight is 156 g/mol. The van der Waals surface area contributed by atoms with Crippen LogP contribution in [0.2, 0.25) is 0 Å². The number of esters is 1. The first-order valence-electron chi connectivity index (χ1n) is 3.04. The zero-order valence-corrected chi connectivity index (χ0v) is 5.86. The summed E-state index contributed by atoms with van der Waals surface area (Å²) in [6.07, 6.45) is 1.04. The molecular formula is C6H6NO4-. The molecule has 60 valence electrons. The summed E-state index contributed by atoms with van der Waals surface area (Å²) in [4.78, 5) is 10.8. The molecule has 0 unspecified atom stereocenters. The molecule has 0 fully saturated rings. The van der Waals surface area contributed by atoms with Crippen LogP contribution < -0.4 is 5.11 Å². The van der Waals surface area contributed by atoms with Gasteiger partial charge in [0.2, 0.25) is 0 Å². The van der Waals surface area contributed by atoms with Gasteiger partial charge in [0.1, 0.15) is 5.56 Å². The van der Waals surface area contributed by atoms with Crippen molar-refractivity contribution in [2.45, 2.75) is 6.92 Å². The summed E-state index contributed by atoms with van der Waals surface area (Å²) in [6, 6.07) is 0. The lowest BCUT2D eigenvalue weighted by molar-refractivity contribution is -0.297. The minimum atomic E-state index is -0.761. The van der Waals surface area contributed by atoms with Crippen LogP contribution in [0.15, 0.2) is 10.7 Å². The van der Waals surface area contributed by atoms with Crippen molar-refractivity contribution in [2.75, 3.05) is 6.61 Å². The van der Waals surface area contributed by atoms with Crippen molar-refractivity contribution in [1.82, 2.24) is 5.16 Å². The van der Waals surface area contributed by atoms with E-state index in [4.69, 9.17) is 0 Å². The topological polar surface area (TPSA) is 75.4 Å². The predicted molar refractivity (Wildman–Crippen MR) is 31.9 cm³/mol. The summed E-state index contributed by atoms with van der Waals surface area (Å²) in [5, 5.41) is 13.7. The third-order valence-corrected chi connectivity index (χ3v) is 1.03. The predicted octanol–water partition coefficient (Wildman–Crippen LogP) is -0.0751. The number of carbonyl (C=O) groups is 1. The lowest BCUT2D eigenvalue weighted by atomic mass is 10.4. The van der Waals surface area contributed by atoms with Crippen LogP contribution in [0.1, 0.15) is 17.3 Å². The lowest BCUT2D eigenvalue weighted by Gasteiger charge is -1.99. The highest BCUT2D eigenvalue weighted by Crippen LogP contribution is 2.12.